The second-order valence-electron chi connectivity index (χ2n) is 5.59. The molecule has 1 amide bonds. The van der Waals surface area contributed by atoms with E-state index < -0.39 is 0 Å². The first-order valence-electron chi connectivity index (χ1n) is 7.27. The fourth-order valence-electron chi connectivity index (χ4n) is 2.82. The maximum absolute atomic E-state index is 12.3. The zero-order chi connectivity index (χ0) is 14.8. The van der Waals surface area contributed by atoms with Gasteiger partial charge in [-0.1, -0.05) is 24.3 Å². The summed E-state index contributed by atoms with van der Waals surface area (Å²) in [5, 5.41) is 14.2. The minimum Gasteiger partial charge on any atom is -0.393 e. The van der Waals surface area contributed by atoms with Crippen molar-refractivity contribution in [1.82, 2.24) is 10.3 Å². The number of hydrogen-bond donors (Lipinski definition) is 3. The number of rotatable bonds is 2. The summed E-state index contributed by atoms with van der Waals surface area (Å²) in [5.41, 5.74) is 6.27. The van der Waals surface area contributed by atoms with Crippen LogP contribution in [0.25, 0.3) is 10.8 Å². The van der Waals surface area contributed by atoms with Crippen LogP contribution in [0.1, 0.15) is 36.2 Å². The maximum Gasteiger partial charge on any atom is 0.270 e. The average Bonchev–Trinajstić information content (AvgIpc) is 2.49. The number of nitrogens with zero attached hydrogens (tertiary/aromatic N) is 1. The van der Waals surface area contributed by atoms with Crippen LogP contribution in [0.15, 0.2) is 30.3 Å². The van der Waals surface area contributed by atoms with E-state index in [-0.39, 0.29) is 18.1 Å². The molecule has 0 bridgehead atoms. The molecular weight excluding hydrogens is 266 g/mol. The highest BCUT2D eigenvalue weighted by molar-refractivity contribution is 5.99. The van der Waals surface area contributed by atoms with Crippen LogP contribution < -0.4 is 11.1 Å². The van der Waals surface area contributed by atoms with Gasteiger partial charge in [-0.25, -0.2) is 4.98 Å². The number of anilines is 1. The van der Waals surface area contributed by atoms with Gasteiger partial charge < -0.3 is 16.2 Å². The first kappa shape index (κ1) is 13.8. The lowest BCUT2D eigenvalue weighted by atomic mass is 9.93. The van der Waals surface area contributed by atoms with Gasteiger partial charge in [0.05, 0.1) is 6.10 Å². The van der Waals surface area contributed by atoms with E-state index in [2.05, 4.69) is 10.3 Å². The molecule has 4 N–H and O–H groups in total. The minimum absolute atomic E-state index is 0.107. The second-order valence-corrected chi connectivity index (χ2v) is 5.59. The van der Waals surface area contributed by atoms with Gasteiger partial charge in [0.25, 0.3) is 5.91 Å². The standard InChI is InChI=1S/C16H19N3O2/c17-15-13-4-2-1-3-10(13)9-14(19-15)16(21)18-11-5-7-12(20)8-6-11/h1-4,9,11-12,20H,5-8H2,(H2,17,19)(H,18,21). The number of hydrogen-bond acceptors (Lipinski definition) is 4. The molecule has 0 aliphatic heterocycles. The summed E-state index contributed by atoms with van der Waals surface area (Å²) >= 11 is 0. The fourth-order valence-corrected chi connectivity index (χ4v) is 2.82. The quantitative estimate of drug-likeness (QED) is 0.785. The van der Waals surface area contributed by atoms with Crippen LogP contribution in [0.3, 0.4) is 0 Å². The molecule has 3 rings (SSSR count). The van der Waals surface area contributed by atoms with Crippen molar-refractivity contribution in [3.63, 3.8) is 0 Å². The number of pyridine rings is 1. The highest BCUT2D eigenvalue weighted by Crippen LogP contribution is 2.21. The van der Waals surface area contributed by atoms with Crippen molar-refractivity contribution >= 4 is 22.5 Å². The van der Waals surface area contributed by atoms with Crippen LogP contribution in [0.4, 0.5) is 5.82 Å². The molecule has 1 aromatic carbocycles. The smallest absolute Gasteiger partial charge is 0.270 e. The molecule has 110 valence electrons. The zero-order valence-corrected chi connectivity index (χ0v) is 11.7. The van der Waals surface area contributed by atoms with Gasteiger partial charge in [0, 0.05) is 11.4 Å². The summed E-state index contributed by atoms with van der Waals surface area (Å²) in [6.07, 6.45) is 2.84. The van der Waals surface area contributed by atoms with Gasteiger partial charge in [-0.3, -0.25) is 4.79 Å². The van der Waals surface area contributed by atoms with E-state index in [1.165, 1.54) is 0 Å². The predicted molar refractivity (Wildman–Crippen MR) is 81.9 cm³/mol. The van der Waals surface area contributed by atoms with Gasteiger partial charge in [-0.2, -0.15) is 0 Å². The molecule has 1 heterocycles. The third-order valence-corrected chi connectivity index (χ3v) is 4.03. The Morgan fingerprint density at radius 3 is 2.71 bits per heavy atom. The highest BCUT2D eigenvalue weighted by Gasteiger charge is 2.22. The number of nitrogen functional groups attached to an aromatic ring is 1. The summed E-state index contributed by atoms with van der Waals surface area (Å²) in [6.45, 7) is 0. The third-order valence-electron chi connectivity index (χ3n) is 4.03. The molecule has 1 saturated carbocycles. The summed E-state index contributed by atoms with van der Waals surface area (Å²) in [4.78, 5) is 16.5. The summed E-state index contributed by atoms with van der Waals surface area (Å²) in [7, 11) is 0. The topological polar surface area (TPSA) is 88.2 Å². The molecule has 1 aliphatic carbocycles. The molecule has 0 radical (unpaired) electrons. The van der Waals surface area contributed by atoms with E-state index in [0.717, 1.165) is 36.5 Å². The first-order chi connectivity index (χ1) is 10.1. The van der Waals surface area contributed by atoms with E-state index in [0.29, 0.717) is 11.5 Å². The zero-order valence-electron chi connectivity index (χ0n) is 11.7. The fraction of sp³-hybridized carbons (Fsp3) is 0.375. The van der Waals surface area contributed by atoms with Crippen molar-refractivity contribution in [1.29, 1.82) is 0 Å². The Kier molecular flexibility index (Phi) is 3.75. The summed E-state index contributed by atoms with van der Waals surface area (Å²) < 4.78 is 0. The number of fused-ring (bicyclic) bond motifs is 1. The molecule has 0 saturated heterocycles. The Balaban J connectivity index is 1.78. The highest BCUT2D eigenvalue weighted by atomic mass is 16.3. The molecule has 0 atom stereocenters. The first-order valence-corrected chi connectivity index (χ1v) is 7.27. The van der Waals surface area contributed by atoms with E-state index in [4.69, 9.17) is 5.73 Å². The number of nitrogens with one attached hydrogen (secondary N) is 1. The molecule has 1 aromatic heterocycles. The molecule has 1 aliphatic rings. The Hall–Kier alpha value is -2.14. The molecular formula is C16H19N3O2. The number of amides is 1. The van der Waals surface area contributed by atoms with Crippen molar-refractivity contribution in [2.75, 3.05) is 5.73 Å². The monoisotopic (exact) mass is 285 g/mol. The molecule has 1 fully saturated rings. The Labute approximate surface area is 123 Å². The van der Waals surface area contributed by atoms with E-state index in [1.54, 1.807) is 6.07 Å². The molecule has 0 unspecified atom stereocenters. The van der Waals surface area contributed by atoms with Crippen LogP contribution in [0.2, 0.25) is 0 Å². The van der Waals surface area contributed by atoms with Crippen LogP contribution in [-0.2, 0) is 0 Å². The lowest BCUT2D eigenvalue weighted by molar-refractivity contribution is 0.0863. The number of aromatic nitrogens is 1. The van der Waals surface area contributed by atoms with Gasteiger partial charge in [0.1, 0.15) is 11.5 Å². The van der Waals surface area contributed by atoms with Gasteiger partial charge in [-0.15, -0.1) is 0 Å². The molecule has 5 heteroatoms. The average molecular weight is 285 g/mol. The number of carbonyl (C=O) groups excluding carboxylic acids is 1. The third kappa shape index (κ3) is 2.97. The van der Waals surface area contributed by atoms with Crippen molar-refractivity contribution in [3.8, 4) is 0 Å². The van der Waals surface area contributed by atoms with Gasteiger partial charge >= 0.3 is 0 Å². The number of benzene rings is 1. The Morgan fingerprint density at radius 1 is 1.24 bits per heavy atom. The van der Waals surface area contributed by atoms with Gasteiger partial charge in [0.15, 0.2) is 0 Å². The van der Waals surface area contributed by atoms with E-state index >= 15 is 0 Å². The van der Waals surface area contributed by atoms with Gasteiger partial charge in [0.2, 0.25) is 0 Å². The SMILES string of the molecule is Nc1nc(C(=O)NC2CCC(O)CC2)cc2ccccc12. The largest absolute Gasteiger partial charge is 0.393 e. The van der Waals surface area contributed by atoms with Crippen molar-refractivity contribution < 1.29 is 9.90 Å². The Morgan fingerprint density at radius 2 is 1.95 bits per heavy atom. The minimum atomic E-state index is -0.229. The van der Waals surface area contributed by atoms with Crippen molar-refractivity contribution in [3.05, 3.63) is 36.0 Å². The lowest BCUT2D eigenvalue weighted by Crippen LogP contribution is -2.38. The molecule has 21 heavy (non-hydrogen) atoms. The molecule has 2 aromatic rings. The predicted octanol–water partition coefficient (Wildman–Crippen LogP) is 1.85. The van der Waals surface area contributed by atoms with Crippen LogP contribution in [0, 0.1) is 0 Å². The number of aliphatic hydroxyl groups excluding tert-OH is 1. The molecule has 0 spiro atoms. The van der Waals surface area contributed by atoms with Crippen molar-refractivity contribution in [2.45, 2.75) is 37.8 Å². The summed E-state index contributed by atoms with van der Waals surface area (Å²) in [5.74, 6) is 0.172. The van der Waals surface area contributed by atoms with Crippen LogP contribution >= 0.6 is 0 Å². The number of aliphatic hydroxyl groups is 1. The Bertz CT molecular complexity index is 664. The van der Waals surface area contributed by atoms with Crippen molar-refractivity contribution in [2.24, 2.45) is 0 Å². The summed E-state index contributed by atoms with van der Waals surface area (Å²) in [6, 6.07) is 9.48. The molecule has 5 nitrogen and oxygen atoms in total. The number of nitrogens with two attached hydrogens (primary N) is 1. The van der Waals surface area contributed by atoms with Crippen LogP contribution in [0.5, 0.6) is 0 Å². The van der Waals surface area contributed by atoms with Gasteiger partial charge in [-0.05, 0) is 37.1 Å². The second kappa shape index (κ2) is 5.69. The van der Waals surface area contributed by atoms with E-state index in [9.17, 15) is 9.90 Å². The van der Waals surface area contributed by atoms with Crippen LogP contribution in [-0.4, -0.2) is 28.1 Å². The number of carbonyl (C=O) groups is 1. The van der Waals surface area contributed by atoms with E-state index in [1.807, 2.05) is 24.3 Å². The lowest BCUT2D eigenvalue weighted by Gasteiger charge is -2.26. The normalized spacial score (nSPS) is 22.1. The maximum atomic E-state index is 12.3.